The van der Waals surface area contributed by atoms with E-state index in [9.17, 15) is 0 Å². The first-order chi connectivity index (χ1) is 4.34. The number of hydrogen-bond donors (Lipinski definition) is 2. The van der Waals surface area contributed by atoms with Crippen molar-refractivity contribution in [3.8, 4) is 0 Å². The van der Waals surface area contributed by atoms with Crippen LogP contribution in [-0.4, -0.2) is 10.1 Å². The first kappa shape index (κ1) is 6.11. The Morgan fingerprint density at radius 3 is 3.00 bits per heavy atom. The lowest BCUT2D eigenvalue weighted by Crippen LogP contribution is -1.87. The van der Waals surface area contributed by atoms with Crippen molar-refractivity contribution >= 4 is 0 Å². The van der Waals surface area contributed by atoms with E-state index in [1.165, 1.54) is 6.08 Å². The molecule has 0 aliphatic carbocycles. The minimum atomic E-state index is -0.531. The highest BCUT2D eigenvalue weighted by molar-refractivity contribution is 5.15. The number of hydrogen-bond acceptors (Lipinski definition) is 1. The third-order valence-corrected chi connectivity index (χ3v) is 1.19. The van der Waals surface area contributed by atoms with Crippen LogP contribution in [0.1, 0.15) is 11.7 Å². The monoisotopic (exact) mass is 123 g/mol. The lowest BCUT2D eigenvalue weighted by Gasteiger charge is -1.97. The summed E-state index contributed by atoms with van der Waals surface area (Å²) in [5, 5.41) is 9.08. The summed E-state index contributed by atoms with van der Waals surface area (Å²) in [6.07, 6.45) is 4.47. The third kappa shape index (κ3) is 1.21. The topological polar surface area (TPSA) is 36.0 Å². The lowest BCUT2D eigenvalue weighted by atomic mass is 10.2. The molecule has 1 atom stereocenters. The SMILES string of the molecule is C=CC(O)c1cc[nH]c1. The zero-order valence-corrected chi connectivity index (χ0v) is 5.04. The normalized spacial score (nSPS) is 13.0. The Morgan fingerprint density at radius 1 is 1.78 bits per heavy atom. The molecule has 0 aliphatic rings. The van der Waals surface area contributed by atoms with E-state index < -0.39 is 6.10 Å². The van der Waals surface area contributed by atoms with Crippen LogP contribution in [0.4, 0.5) is 0 Å². The van der Waals surface area contributed by atoms with Gasteiger partial charge in [-0.25, -0.2) is 0 Å². The fourth-order valence-corrected chi connectivity index (χ4v) is 0.657. The summed E-state index contributed by atoms with van der Waals surface area (Å²) < 4.78 is 0. The Morgan fingerprint density at radius 2 is 2.56 bits per heavy atom. The molecule has 2 N–H and O–H groups in total. The molecule has 2 nitrogen and oxygen atoms in total. The third-order valence-electron chi connectivity index (χ3n) is 1.19. The summed E-state index contributed by atoms with van der Waals surface area (Å²) in [7, 11) is 0. The summed E-state index contributed by atoms with van der Waals surface area (Å²) in [5.41, 5.74) is 0.852. The Hall–Kier alpha value is -1.02. The molecule has 1 heterocycles. The molecule has 0 saturated heterocycles. The molecule has 0 fully saturated rings. The van der Waals surface area contributed by atoms with Crippen molar-refractivity contribution in [1.29, 1.82) is 0 Å². The van der Waals surface area contributed by atoms with Gasteiger partial charge in [0.15, 0.2) is 0 Å². The predicted molar refractivity (Wildman–Crippen MR) is 35.9 cm³/mol. The molecule has 0 spiro atoms. The van der Waals surface area contributed by atoms with Gasteiger partial charge in [-0.3, -0.25) is 0 Å². The van der Waals surface area contributed by atoms with Crippen LogP contribution in [0, 0.1) is 0 Å². The van der Waals surface area contributed by atoms with Gasteiger partial charge < -0.3 is 10.1 Å². The highest BCUT2D eigenvalue weighted by Crippen LogP contribution is 2.10. The average Bonchev–Trinajstić information content (AvgIpc) is 2.37. The Labute approximate surface area is 53.8 Å². The molecule has 1 aromatic rings. The van der Waals surface area contributed by atoms with Gasteiger partial charge in [0.05, 0.1) is 6.10 Å². The van der Waals surface area contributed by atoms with Crippen LogP contribution in [0.25, 0.3) is 0 Å². The molecule has 0 radical (unpaired) electrons. The highest BCUT2D eigenvalue weighted by atomic mass is 16.3. The van der Waals surface area contributed by atoms with Gasteiger partial charge in [0.2, 0.25) is 0 Å². The molecule has 9 heavy (non-hydrogen) atoms. The fourth-order valence-electron chi connectivity index (χ4n) is 0.657. The van der Waals surface area contributed by atoms with Crippen molar-refractivity contribution < 1.29 is 5.11 Å². The Bertz CT molecular complexity index is 179. The molecule has 1 unspecified atom stereocenters. The van der Waals surface area contributed by atoms with Crippen LogP contribution in [0.3, 0.4) is 0 Å². The molecular formula is C7H9NO. The van der Waals surface area contributed by atoms with Crippen LogP contribution >= 0.6 is 0 Å². The number of aromatic amines is 1. The molecular weight excluding hydrogens is 114 g/mol. The molecule has 0 aliphatic heterocycles. The molecule has 0 bridgehead atoms. The van der Waals surface area contributed by atoms with E-state index >= 15 is 0 Å². The largest absolute Gasteiger partial charge is 0.384 e. The number of aromatic nitrogens is 1. The van der Waals surface area contributed by atoms with Crippen molar-refractivity contribution in [3.05, 3.63) is 36.7 Å². The van der Waals surface area contributed by atoms with Crippen LogP contribution in [0.15, 0.2) is 31.1 Å². The molecule has 0 aromatic carbocycles. The maximum atomic E-state index is 9.08. The molecule has 0 saturated carbocycles. The summed E-state index contributed by atoms with van der Waals surface area (Å²) in [6.45, 7) is 3.45. The fraction of sp³-hybridized carbons (Fsp3) is 0.143. The van der Waals surface area contributed by atoms with Gasteiger partial charge in [-0.15, -0.1) is 6.58 Å². The smallest absolute Gasteiger partial charge is 0.0983 e. The number of aliphatic hydroxyl groups excluding tert-OH is 1. The van der Waals surface area contributed by atoms with Crippen molar-refractivity contribution in [1.82, 2.24) is 4.98 Å². The van der Waals surface area contributed by atoms with Crippen LogP contribution in [0.2, 0.25) is 0 Å². The first-order valence-electron chi connectivity index (χ1n) is 2.78. The summed E-state index contributed by atoms with van der Waals surface area (Å²) in [5.74, 6) is 0. The molecule has 1 rings (SSSR count). The molecule has 0 amide bonds. The van der Waals surface area contributed by atoms with E-state index in [2.05, 4.69) is 11.6 Å². The second kappa shape index (κ2) is 2.51. The van der Waals surface area contributed by atoms with Gasteiger partial charge in [0.1, 0.15) is 0 Å². The number of H-pyrrole nitrogens is 1. The van der Waals surface area contributed by atoms with E-state index in [4.69, 9.17) is 5.11 Å². The maximum absolute atomic E-state index is 9.08. The summed E-state index contributed by atoms with van der Waals surface area (Å²) >= 11 is 0. The second-order valence-corrected chi connectivity index (χ2v) is 1.82. The predicted octanol–water partition coefficient (Wildman–Crippen LogP) is 1.23. The zero-order chi connectivity index (χ0) is 6.69. The maximum Gasteiger partial charge on any atom is 0.0983 e. The summed E-state index contributed by atoms with van der Waals surface area (Å²) in [6, 6.07) is 1.81. The van der Waals surface area contributed by atoms with E-state index in [1.807, 2.05) is 6.07 Å². The van der Waals surface area contributed by atoms with Gasteiger partial charge in [0.25, 0.3) is 0 Å². The minimum absolute atomic E-state index is 0.531. The number of rotatable bonds is 2. The first-order valence-corrected chi connectivity index (χ1v) is 2.78. The standard InChI is InChI=1S/C7H9NO/c1-2-7(9)6-3-4-8-5-6/h2-5,7-9H,1H2. The van der Waals surface area contributed by atoms with Crippen molar-refractivity contribution in [2.75, 3.05) is 0 Å². The van der Waals surface area contributed by atoms with E-state index in [1.54, 1.807) is 12.4 Å². The summed E-state index contributed by atoms with van der Waals surface area (Å²) in [4.78, 5) is 2.84. The van der Waals surface area contributed by atoms with Gasteiger partial charge in [-0.2, -0.15) is 0 Å². The lowest BCUT2D eigenvalue weighted by molar-refractivity contribution is 0.229. The molecule has 1 aromatic heterocycles. The highest BCUT2D eigenvalue weighted by Gasteiger charge is 1.99. The second-order valence-electron chi connectivity index (χ2n) is 1.82. The van der Waals surface area contributed by atoms with Crippen LogP contribution in [-0.2, 0) is 0 Å². The van der Waals surface area contributed by atoms with Crippen molar-refractivity contribution in [3.63, 3.8) is 0 Å². The van der Waals surface area contributed by atoms with E-state index in [0.29, 0.717) is 0 Å². The number of aliphatic hydroxyl groups is 1. The average molecular weight is 123 g/mol. The van der Waals surface area contributed by atoms with E-state index in [-0.39, 0.29) is 0 Å². The number of nitrogens with one attached hydrogen (secondary N) is 1. The minimum Gasteiger partial charge on any atom is -0.384 e. The Balaban J connectivity index is 2.76. The quantitative estimate of drug-likeness (QED) is 0.570. The van der Waals surface area contributed by atoms with Crippen molar-refractivity contribution in [2.45, 2.75) is 6.10 Å². The van der Waals surface area contributed by atoms with Gasteiger partial charge >= 0.3 is 0 Å². The van der Waals surface area contributed by atoms with E-state index in [0.717, 1.165) is 5.56 Å². The van der Waals surface area contributed by atoms with Crippen molar-refractivity contribution in [2.24, 2.45) is 0 Å². The van der Waals surface area contributed by atoms with Gasteiger partial charge in [0, 0.05) is 18.0 Å². The van der Waals surface area contributed by atoms with Gasteiger partial charge in [-0.05, 0) is 6.07 Å². The van der Waals surface area contributed by atoms with Crippen LogP contribution in [0.5, 0.6) is 0 Å². The van der Waals surface area contributed by atoms with Gasteiger partial charge in [-0.1, -0.05) is 6.08 Å². The molecule has 48 valence electrons. The zero-order valence-electron chi connectivity index (χ0n) is 5.04. The Kier molecular flexibility index (Phi) is 1.70. The van der Waals surface area contributed by atoms with Crippen LogP contribution < -0.4 is 0 Å². The molecule has 2 heteroatoms.